The van der Waals surface area contributed by atoms with Crippen LogP contribution in [0.2, 0.25) is 5.02 Å². The van der Waals surface area contributed by atoms with Crippen LogP contribution < -0.4 is 0 Å². The molecule has 0 saturated carbocycles. The van der Waals surface area contributed by atoms with E-state index in [2.05, 4.69) is 0 Å². The Kier molecular flexibility index (Phi) is 4.12. The van der Waals surface area contributed by atoms with E-state index in [1.54, 1.807) is 36.2 Å². The second-order valence-corrected chi connectivity index (χ2v) is 3.74. The van der Waals surface area contributed by atoms with Gasteiger partial charge in [-0.3, -0.25) is 9.69 Å². The van der Waals surface area contributed by atoms with Crippen molar-refractivity contribution in [3.05, 3.63) is 34.9 Å². The Hall–Kier alpha value is -1.06. The lowest BCUT2D eigenvalue weighted by atomic mass is 10.1. The normalized spacial score (nSPS) is 12.8. The second kappa shape index (κ2) is 5.14. The molecular weight excluding hydrogens is 214 g/mol. The van der Waals surface area contributed by atoms with Gasteiger partial charge in [0, 0.05) is 5.02 Å². The molecule has 0 spiro atoms. The van der Waals surface area contributed by atoms with Gasteiger partial charge < -0.3 is 5.11 Å². The van der Waals surface area contributed by atoms with Crippen molar-refractivity contribution in [1.82, 2.24) is 4.90 Å². The standard InChI is InChI=1S/C11H14ClNO2/c1-3-13(2)10(11(14)15)8-6-4-5-7-9(8)12/h4-7,10H,3H2,1-2H3,(H,14,15). The molecule has 0 fully saturated rings. The van der Waals surface area contributed by atoms with Gasteiger partial charge in [-0.1, -0.05) is 36.7 Å². The molecule has 0 aliphatic rings. The van der Waals surface area contributed by atoms with Crippen LogP contribution in [-0.2, 0) is 4.79 Å². The van der Waals surface area contributed by atoms with E-state index in [9.17, 15) is 4.79 Å². The van der Waals surface area contributed by atoms with Crippen LogP contribution in [0.25, 0.3) is 0 Å². The molecule has 1 N–H and O–H groups in total. The molecule has 0 aromatic heterocycles. The topological polar surface area (TPSA) is 40.5 Å². The molecule has 0 heterocycles. The van der Waals surface area contributed by atoms with Crippen molar-refractivity contribution in [3.63, 3.8) is 0 Å². The molecule has 3 nitrogen and oxygen atoms in total. The van der Waals surface area contributed by atoms with E-state index in [1.165, 1.54) is 0 Å². The van der Waals surface area contributed by atoms with Crippen molar-refractivity contribution in [1.29, 1.82) is 0 Å². The van der Waals surface area contributed by atoms with E-state index in [-0.39, 0.29) is 0 Å². The van der Waals surface area contributed by atoms with Crippen molar-refractivity contribution in [2.24, 2.45) is 0 Å². The minimum Gasteiger partial charge on any atom is -0.480 e. The molecule has 0 amide bonds. The van der Waals surface area contributed by atoms with Gasteiger partial charge in [0.25, 0.3) is 0 Å². The fourth-order valence-electron chi connectivity index (χ4n) is 1.44. The van der Waals surface area contributed by atoms with Crippen LogP contribution >= 0.6 is 11.6 Å². The highest BCUT2D eigenvalue weighted by Crippen LogP contribution is 2.26. The smallest absolute Gasteiger partial charge is 0.325 e. The van der Waals surface area contributed by atoms with E-state index in [0.717, 1.165) is 0 Å². The number of hydrogen-bond acceptors (Lipinski definition) is 2. The Morgan fingerprint density at radius 3 is 2.60 bits per heavy atom. The van der Waals surface area contributed by atoms with Gasteiger partial charge in [0.15, 0.2) is 0 Å². The maximum Gasteiger partial charge on any atom is 0.325 e. The highest BCUT2D eigenvalue weighted by atomic mass is 35.5. The third-order valence-corrected chi connectivity index (χ3v) is 2.72. The molecule has 1 unspecified atom stereocenters. The molecule has 1 atom stereocenters. The average Bonchev–Trinajstić information content (AvgIpc) is 2.20. The predicted molar refractivity (Wildman–Crippen MR) is 60.1 cm³/mol. The zero-order valence-electron chi connectivity index (χ0n) is 8.77. The summed E-state index contributed by atoms with van der Waals surface area (Å²) < 4.78 is 0. The monoisotopic (exact) mass is 227 g/mol. The molecule has 82 valence electrons. The Bertz CT molecular complexity index is 354. The van der Waals surface area contributed by atoms with Crippen molar-refractivity contribution < 1.29 is 9.90 Å². The molecule has 1 rings (SSSR count). The van der Waals surface area contributed by atoms with Crippen molar-refractivity contribution in [2.75, 3.05) is 13.6 Å². The van der Waals surface area contributed by atoms with Crippen molar-refractivity contribution >= 4 is 17.6 Å². The van der Waals surface area contributed by atoms with Crippen molar-refractivity contribution in [2.45, 2.75) is 13.0 Å². The number of carboxylic acids is 1. The van der Waals surface area contributed by atoms with Crippen LogP contribution in [0, 0.1) is 0 Å². The summed E-state index contributed by atoms with van der Waals surface area (Å²) in [4.78, 5) is 12.9. The van der Waals surface area contributed by atoms with Crippen LogP contribution in [0.3, 0.4) is 0 Å². The first kappa shape index (κ1) is 12.0. The van der Waals surface area contributed by atoms with Gasteiger partial charge in [-0.05, 0) is 25.2 Å². The maximum atomic E-state index is 11.2. The summed E-state index contributed by atoms with van der Waals surface area (Å²) in [6.07, 6.45) is 0. The van der Waals surface area contributed by atoms with Crippen molar-refractivity contribution in [3.8, 4) is 0 Å². The van der Waals surface area contributed by atoms with Gasteiger partial charge in [0.1, 0.15) is 6.04 Å². The van der Waals surface area contributed by atoms with E-state index < -0.39 is 12.0 Å². The highest BCUT2D eigenvalue weighted by molar-refractivity contribution is 6.31. The van der Waals surface area contributed by atoms with Gasteiger partial charge in [-0.2, -0.15) is 0 Å². The third kappa shape index (κ3) is 2.70. The predicted octanol–water partition coefficient (Wildman–Crippen LogP) is 2.42. The van der Waals surface area contributed by atoms with Crippen LogP contribution in [0.15, 0.2) is 24.3 Å². The molecule has 0 saturated heterocycles. The number of rotatable bonds is 4. The summed E-state index contributed by atoms with van der Waals surface area (Å²) in [7, 11) is 1.77. The number of hydrogen-bond donors (Lipinski definition) is 1. The number of nitrogens with zero attached hydrogens (tertiary/aromatic N) is 1. The molecule has 0 radical (unpaired) electrons. The van der Waals surface area contributed by atoms with E-state index in [0.29, 0.717) is 17.1 Å². The lowest BCUT2D eigenvalue weighted by molar-refractivity contribution is -0.143. The summed E-state index contributed by atoms with van der Waals surface area (Å²) in [5.41, 5.74) is 0.635. The lowest BCUT2D eigenvalue weighted by Crippen LogP contribution is -2.30. The molecule has 15 heavy (non-hydrogen) atoms. The van der Waals surface area contributed by atoms with Crippen LogP contribution in [-0.4, -0.2) is 29.6 Å². The van der Waals surface area contributed by atoms with Crippen LogP contribution in [0.4, 0.5) is 0 Å². The lowest BCUT2D eigenvalue weighted by Gasteiger charge is -2.24. The van der Waals surface area contributed by atoms with Gasteiger partial charge in [-0.25, -0.2) is 0 Å². The number of aliphatic carboxylic acids is 1. The molecule has 0 bridgehead atoms. The zero-order chi connectivity index (χ0) is 11.4. The Balaban J connectivity index is 3.10. The molecule has 1 aromatic rings. The first-order chi connectivity index (χ1) is 7.07. The summed E-state index contributed by atoms with van der Waals surface area (Å²) in [5.74, 6) is -0.882. The quantitative estimate of drug-likeness (QED) is 0.859. The largest absolute Gasteiger partial charge is 0.480 e. The fourth-order valence-corrected chi connectivity index (χ4v) is 1.68. The van der Waals surface area contributed by atoms with Gasteiger partial charge in [0.2, 0.25) is 0 Å². The number of carboxylic acid groups (broad SMARTS) is 1. The minimum atomic E-state index is -0.882. The molecule has 0 aliphatic heterocycles. The number of likely N-dealkylation sites (N-methyl/N-ethyl adjacent to an activating group) is 1. The summed E-state index contributed by atoms with van der Waals surface area (Å²) >= 11 is 5.97. The SMILES string of the molecule is CCN(C)C(C(=O)O)c1ccccc1Cl. The second-order valence-electron chi connectivity index (χ2n) is 3.34. The number of halogens is 1. The Labute approximate surface area is 94.3 Å². The first-order valence-corrected chi connectivity index (χ1v) is 5.13. The Morgan fingerprint density at radius 2 is 2.13 bits per heavy atom. The minimum absolute atomic E-state index is 0.491. The van der Waals surface area contributed by atoms with E-state index in [1.807, 2.05) is 6.92 Å². The summed E-state index contributed by atoms with van der Waals surface area (Å²) in [5, 5.41) is 9.64. The maximum absolute atomic E-state index is 11.2. The first-order valence-electron chi connectivity index (χ1n) is 4.75. The van der Waals surface area contributed by atoms with Crippen LogP contribution in [0.1, 0.15) is 18.5 Å². The molecule has 4 heteroatoms. The van der Waals surface area contributed by atoms with Gasteiger partial charge >= 0.3 is 5.97 Å². The van der Waals surface area contributed by atoms with E-state index >= 15 is 0 Å². The number of benzene rings is 1. The highest BCUT2D eigenvalue weighted by Gasteiger charge is 2.25. The molecular formula is C11H14ClNO2. The van der Waals surface area contributed by atoms with Gasteiger partial charge in [-0.15, -0.1) is 0 Å². The molecule has 1 aromatic carbocycles. The Morgan fingerprint density at radius 1 is 1.53 bits per heavy atom. The zero-order valence-corrected chi connectivity index (χ0v) is 9.53. The van der Waals surface area contributed by atoms with Gasteiger partial charge in [0.05, 0.1) is 0 Å². The molecule has 0 aliphatic carbocycles. The fraction of sp³-hybridized carbons (Fsp3) is 0.364. The van der Waals surface area contributed by atoms with E-state index in [4.69, 9.17) is 16.7 Å². The summed E-state index contributed by atoms with van der Waals surface area (Å²) in [6, 6.07) is 6.35. The summed E-state index contributed by atoms with van der Waals surface area (Å²) in [6.45, 7) is 2.56. The third-order valence-electron chi connectivity index (χ3n) is 2.37. The van der Waals surface area contributed by atoms with Crippen LogP contribution in [0.5, 0.6) is 0 Å². The number of carbonyl (C=O) groups is 1. The average molecular weight is 228 g/mol.